The van der Waals surface area contributed by atoms with E-state index in [1.54, 1.807) is 0 Å². The minimum atomic E-state index is -0.589. The molecule has 0 atom stereocenters. The van der Waals surface area contributed by atoms with Crippen LogP contribution in [0.1, 0.15) is 0 Å². The van der Waals surface area contributed by atoms with E-state index in [1.807, 2.05) is 0 Å². The van der Waals surface area contributed by atoms with Crippen LogP contribution >= 0.6 is 23.2 Å². The van der Waals surface area contributed by atoms with Crippen molar-refractivity contribution in [2.45, 2.75) is 0 Å². The number of benzene rings is 2. The summed E-state index contributed by atoms with van der Waals surface area (Å²) in [4.78, 5) is 0. The van der Waals surface area contributed by atoms with Crippen LogP contribution in [0.5, 0.6) is 0 Å². The Balaban J connectivity index is 2.62. The quantitative estimate of drug-likeness (QED) is 0.693. The fraction of sp³-hybridized carbons (Fsp3) is 0. The van der Waals surface area contributed by atoms with E-state index in [1.165, 1.54) is 18.2 Å². The molecule has 2 aromatic rings. The Bertz CT molecular complexity index is 539. The first-order chi connectivity index (χ1) is 7.58. The molecule has 0 spiro atoms. The lowest BCUT2D eigenvalue weighted by Gasteiger charge is -2.05. The summed E-state index contributed by atoms with van der Waals surface area (Å²) in [5.74, 6) is -1.17. The van der Waals surface area contributed by atoms with Gasteiger partial charge in [-0.2, -0.15) is 0 Å². The van der Waals surface area contributed by atoms with Crippen LogP contribution in [0.15, 0.2) is 30.3 Å². The van der Waals surface area contributed by atoms with E-state index < -0.39 is 11.6 Å². The maximum absolute atomic E-state index is 13.5. The monoisotopic (exact) mass is 257 g/mol. The molecule has 0 aliphatic rings. The maximum Gasteiger partial charge on any atom is 0.132 e. The van der Waals surface area contributed by atoms with Gasteiger partial charge < -0.3 is 0 Å². The van der Waals surface area contributed by atoms with E-state index in [0.717, 1.165) is 12.1 Å². The second kappa shape index (κ2) is 4.40. The van der Waals surface area contributed by atoms with Crippen LogP contribution in [0.2, 0.25) is 10.0 Å². The zero-order chi connectivity index (χ0) is 11.7. The lowest BCUT2D eigenvalue weighted by atomic mass is 10.0. The van der Waals surface area contributed by atoms with Crippen molar-refractivity contribution in [1.82, 2.24) is 0 Å². The average molecular weight is 258 g/mol. The first kappa shape index (κ1) is 11.4. The molecule has 0 N–H and O–H groups in total. The van der Waals surface area contributed by atoms with Crippen molar-refractivity contribution in [2.24, 2.45) is 0 Å². The SMILES string of the molecule is Fc1cc(Cl)ccc1-c1cc(Cl)[c]cc1F. The van der Waals surface area contributed by atoms with Crippen molar-refractivity contribution in [3.05, 3.63) is 58.1 Å². The first-order valence-corrected chi connectivity index (χ1v) is 5.15. The van der Waals surface area contributed by atoms with Gasteiger partial charge in [0.25, 0.3) is 0 Å². The lowest BCUT2D eigenvalue weighted by molar-refractivity contribution is 0.616. The molecule has 0 amide bonds. The van der Waals surface area contributed by atoms with Gasteiger partial charge in [0.05, 0.1) is 0 Å². The van der Waals surface area contributed by atoms with Gasteiger partial charge in [0.15, 0.2) is 0 Å². The van der Waals surface area contributed by atoms with Crippen LogP contribution in [-0.2, 0) is 0 Å². The Morgan fingerprint density at radius 3 is 2.38 bits per heavy atom. The maximum atomic E-state index is 13.5. The molecule has 0 fully saturated rings. The third-order valence-electron chi connectivity index (χ3n) is 2.09. The van der Waals surface area contributed by atoms with Gasteiger partial charge >= 0.3 is 0 Å². The van der Waals surface area contributed by atoms with E-state index in [2.05, 4.69) is 6.07 Å². The molecule has 0 bridgehead atoms. The molecule has 0 aromatic heterocycles. The molecule has 1 radical (unpaired) electrons. The molecule has 0 unspecified atom stereocenters. The predicted octanol–water partition coefficient (Wildman–Crippen LogP) is 4.74. The number of hydrogen-bond acceptors (Lipinski definition) is 0. The second-order valence-corrected chi connectivity index (χ2v) is 4.01. The fourth-order valence-corrected chi connectivity index (χ4v) is 1.68. The van der Waals surface area contributed by atoms with Crippen molar-refractivity contribution in [2.75, 3.05) is 0 Å². The highest BCUT2D eigenvalue weighted by Crippen LogP contribution is 2.29. The van der Waals surface area contributed by atoms with Gasteiger partial charge in [0.1, 0.15) is 11.6 Å². The summed E-state index contributed by atoms with van der Waals surface area (Å²) >= 11 is 11.3. The lowest BCUT2D eigenvalue weighted by Crippen LogP contribution is -1.88. The zero-order valence-electron chi connectivity index (χ0n) is 7.90. The van der Waals surface area contributed by atoms with E-state index in [0.29, 0.717) is 0 Å². The highest BCUT2D eigenvalue weighted by molar-refractivity contribution is 6.31. The van der Waals surface area contributed by atoms with E-state index >= 15 is 0 Å². The van der Waals surface area contributed by atoms with Gasteiger partial charge in [-0.25, -0.2) is 8.78 Å². The van der Waals surface area contributed by atoms with E-state index in [9.17, 15) is 8.78 Å². The van der Waals surface area contributed by atoms with Crippen molar-refractivity contribution >= 4 is 23.2 Å². The minimum absolute atomic E-state index is 0.0953. The van der Waals surface area contributed by atoms with Crippen LogP contribution in [-0.4, -0.2) is 0 Å². The van der Waals surface area contributed by atoms with E-state index in [-0.39, 0.29) is 21.2 Å². The molecular formula is C12H5Cl2F2. The van der Waals surface area contributed by atoms with Crippen molar-refractivity contribution in [1.29, 1.82) is 0 Å². The Morgan fingerprint density at radius 2 is 1.69 bits per heavy atom. The zero-order valence-corrected chi connectivity index (χ0v) is 9.41. The van der Waals surface area contributed by atoms with Gasteiger partial charge in [0.2, 0.25) is 0 Å². The van der Waals surface area contributed by atoms with E-state index in [4.69, 9.17) is 23.2 Å². The minimum Gasteiger partial charge on any atom is -0.206 e. The molecule has 0 aliphatic carbocycles. The Hall–Kier alpha value is -1.12. The van der Waals surface area contributed by atoms with Gasteiger partial charge in [-0.05, 0) is 30.3 Å². The smallest absolute Gasteiger partial charge is 0.132 e. The number of hydrogen-bond donors (Lipinski definition) is 0. The topological polar surface area (TPSA) is 0 Å². The normalized spacial score (nSPS) is 10.5. The van der Waals surface area contributed by atoms with Crippen LogP contribution in [0.4, 0.5) is 8.78 Å². The number of halogens is 4. The summed E-state index contributed by atoms with van der Waals surface area (Å²) in [5, 5.41) is 0.487. The molecule has 16 heavy (non-hydrogen) atoms. The molecule has 2 rings (SSSR count). The summed E-state index contributed by atoms with van der Waals surface area (Å²) in [5.41, 5.74) is 0.218. The predicted molar refractivity (Wildman–Crippen MR) is 60.7 cm³/mol. The number of rotatable bonds is 1. The molecule has 0 nitrogen and oxygen atoms in total. The molecule has 0 saturated carbocycles. The molecule has 0 aliphatic heterocycles. The molecular weight excluding hydrogens is 253 g/mol. The summed E-state index contributed by atoms with van der Waals surface area (Å²) in [6, 6.07) is 8.91. The van der Waals surface area contributed by atoms with Crippen molar-refractivity contribution in [3.63, 3.8) is 0 Å². The molecule has 0 saturated heterocycles. The first-order valence-electron chi connectivity index (χ1n) is 4.40. The highest BCUT2D eigenvalue weighted by atomic mass is 35.5. The Morgan fingerprint density at radius 1 is 0.938 bits per heavy atom. The Kier molecular flexibility index (Phi) is 3.13. The standard InChI is InChI=1S/C12H5Cl2F2/c13-7-2-4-11(15)10(5-7)9-3-1-8(14)6-12(9)16/h1,3-6H. The summed E-state index contributed by atoms with van der Waals surface area (Å²) in [6.07, 6.45) is 0. The third kappa shape index (κ3) is 2.18. The molecule has 2 aromatic carbocycles. The van der Waals surface area contributed by atoms with Crippen molar-refractivity contribution in [3.8, 4) is 11.1 Å². The Labute approximate surface area is 101 Å². The van der Waals surface area contributed by atoms with Crippen LogP contribution in [0, 0.1) is 17.7 Å². The van der Waals surface area contributed by atoms with Crippen molar-refractivity contribution < 1.29 is 8.78 Å². The fourth-order valence-electron chi connectivity index (χ4n) is 1.36. The van der Waals surface area contributed by atoms with Crippen LogP contribution in [0.25, 0.3) is 11.1 Å². The largest absolute Gasteiger partial charge is 0.206 e. The highest BCUT2D eigenvalue weighted by Gasteiger charge is 2.11. The second-order valence-electron chi connectivity index (χ2n) is 3.17. The van der Waals surface area contributed by atoms with Gasteiger partial charge in [-0.3, -0.25) is 0 Å². The van der Waals surface area contributed by atoms with Gasteiger partial charge in [-0.1, -0.05) is 23.2 Å². The summed E-state index contributed by atoms with van der Waals surface area (Å²) in [6.45, 7) is 0. The summed E-state index contributed by atoms with van der Waals surface area (Å²) in [7, 11) is 0. The average Bonchev–Trinajstić information content (AvgIpc) is 2.22. The van der Waals surface area contributed by atoms with Crippen LogP contribution < -0.4 is 0 Å². The molecule has 81 valence electrons. The van der Waals surface area contributed by atoms with Gasteiger partial charge in [-0.15, -0.1) is 0 Å². The summed E-state index contributed by atoms with van der Waals surface area (Å²) < 4.78 is 27.0. The van der Waals surface area contributed by atoms with Crippen LogP contribution in [0.3, 0.4) is 0 Å². The molecule has 0 heterocycles. The molecule has 4 heteroatoms. The third-order valence-corrected chi connectivity index (χ3v) is 2.54. The van der Waals surface area contributed by atoms with Gasteiger partial charge in [0, 0.05) is 27.2 Å².